The van der Waals surface area contributed by atoms with Crippen LogP contribution in [0.4, 0.5) is 5.69 Å². The van der Waals surface area contributed by atoms with Gasteiger partial charge in [0.2, 0.25) is 0 Å². The van der Waals surface area contributed by atoms with Crippen molar-refractivity contribution in [2.75, 3.05) is 6.54 Å². The Balaban J connectivity index is 3.21. The first kappa shape index (κ1) is 10.7. The molecule has 0 heterocycles. The molecule has 1 rings (SSSR count). The van der Waals surface area contributed by atoms with Gasteiger partial charge in [-0.15, -0.1) is 0 Å². The molecule has 0 aliphatic rings. The van der Waals surface area contributed by atoms with Crippen molar-refractivity contribution in [3.8, 4) is 0 Å². The van der Waals surface area contributed by atoms with Crippen molar-refractivity contribution in [1.29, 1.82) is 0 Å². The van der Waals surface area contributed by atoms with E-state index in [1.807, 2.05) is 0 Å². The maximum atomic E-state index is 10.5. The molecule has 0 bridgehead atoms. The minimum Gasteiger partial charge on any atom is -0.326 e. The van der Waals surface area contributed by atoms with Crippen LogP contribution in [0.1, 0.15) is 5.56 Å². The number of nitrogens with zero attached hydrogens (tertiary/aromatic N) is 1. The number of hydrogen-bond acceptors (Lipinski definition) is 3. The third-order valence-corrected chi connectivity index (χ3v) is 2.12. The molecule has 0 saturated heterocycles. The van der Waals surface area contributed by atoms with Gasteiger partial charge >= 0.3 is 0 Å². The minimum absolute atomic E-state index is 0.0148. The molecule has 0 fully saturated rings. The summed E-state index contributed by atoms with van der Waals surface area (Å²) in [6, 6.07) is 4.18. The first-order chi connectivity index (χ1) is 6.56. The summed E-state index contributed by atoms with van der Waals surface area (Å²) in [7, 11) is 0. The Morgan fingerprint density at radius 3 is 2.79 bits per heavy atom. The lowest BCUT2D eigenvalue weighted by molar-refractivity contribution is -0.384. The highest BCUT2D eigenvalue weighted by Gasteiger charge is 2.10. The van der Waals surface area contributed by atoms with Crippen LogP contribution in [-0.2, 0) is 0 Å². The largest absolute Gasteiger partial charge is 0.326 e. The van der Waals surface area contributed by atoms with Crippen LogP contribution >= 0.6 is 11.6 Å². The lowest BCUT2D eigenvalue weighted by Crippen LogP contribution is -2.02. The quantitative estimate of drug-likeness (QED) is 0.617. The van der Waals surface area contributed by atoms with E-state index in [2.05, 4.69) is 6.58 Å². The zero-order valence-electron chi connectivity index (χ0n) is 7.37. The Morgan fingerprint density at radius 2 is 2.29 bits per heavy atom. The fourth-order valence-electron chi connectivity index (χ4n) is 1.01. The second-order valence-corrected chi connectivity index (χ2v) is 3.14. The van der Waals surface area contributed by atoms with Crippen LogP contribution in [0, 0.1) is 10.1 Å². The number of rotatable bonds is 3. The number of nitro groups is 1. The monoisotopic (exact) mass is 212 g/mol. The van der Waals surface area contributed by atoms with Gasteiger partial charge in [-0.1, -0.05) is 18.2 Å². The molecule has 5 heteroatoms. The van der Waals surface area contributed by atoms with E-state index >= 15 is 0 Å². The van der Waals surface area contributed by atoms with E-state index in [9.17, 15) is 10.1 Å². The van der Waals surface area contributed by atoms with E-state index in [4.69, 9.17) is 17.3 Å². The zero-order valence-corrected chi connectivity index (χ0v) is 8.12. The highest BCUT2D eigenvalue weighted by Crippen LogP contribution is 2.26. The van der Waals surface area contributed by atoms with Crippen LogP contribution in [0.5, 0.6) is 0 Å². The van der Waals surface area contributed by atoms with E-state index in [1.165, 1.54) is 18.2 Å². The molecule has 0 radical (unpaired) electrons. The fourth-order valence-corrected chi connectivity index (χ4v) is 1.26. The highest BCUT2D eigenvalue weighted by molar-refractivity contribution is 6.32. The molecule has 0 saturated carbocycles. The number of hydrogen-bond donors (Lipinski definition) is 1. The summed E-state index contributed by atoms with van der Waals surface area (Å²) in [5, 5.41) is 10.9. The fraction of sp³-hybridized carbons (Fsp3) is 0.111. The first-order valence-corrected chi connectivity index (χ1v) is 4.26. The predicted molar refractivity (Wildman–Crippen MR) is 56.2 cm³/mol. The summed E-state index contributed by atoms with van der Waals surface area (Å²) < 4.78 is 0. The number of nitro benzene ring substituents is 1. The SMILES string of the molecule is C=C(CN)c1cc([N+](=O)[O-])ccc1Cl. The molecule has 14 heavy (non-hydrogen) atoms. The summed E-state index contributed by atoms with van der Waals surface area (Å²) in [4.78, 5) is 9.99. The molecule has 0 spiro atoms. The van der Waals surface area contributed by atoms with Crippen LogP contribution in [0.2, 0.25) is 5.02 Å². The Bertz CT molecular complexity index is 390. The standard InChI is InChI=1S/C9H9ClN2O2/c1-6(5-11)8-4-7(12(13)14)2-3-9(8)10/h2-4H,1,5,11H2. The zero-order chi connectivity index (χ0) is 10.7. The van der Waals surface area contributed by atoms with Gasteiger partial charge in [-0.05, 0) is 11.6 Å². The van der Waals surface area contributed by atoms with Gasteiger partial charge in [0.1, 0.15) is 0 Å². The van der Waals surface area contributed by atoms with Gasteiger partial charge in [-0.2, -0.15) is 0 Å². The summed E-state index contributed by atoms with van der Waals surface area (Å²) in [5.41, 5.74) is 6.47. The topological polar surface area (TPSA) is 69.2 Å². The van der Waals surface area contributed by atoms with Crippen molar-refractivity contribution >= 4 is 22.9 Å². The van der Waals surface area contributed by atoms with E-state index < -0.39 is 4.92 Å². The molecule has 1 aromatic rings. The summed E-state index contributed by atoms with van der Waals surface area (Å²) in [6.07, 6.45) is 0. The van der Waals surface area contributed by atoms with Gasteiger partial charge in [-0.25, -0.2) is 0 Å². The molecule has 0 aromatic heterocycles. The van der Waals surface area contributed by atoms with Crippen LogP contribution in [0.25, 0.3) is 5.57 Å². The van der Waals surface area contributed by atoms with E-state index in [0.29, 0.717) is 16.2 Å². The second-order valence-electron chi connectivity index (χ2n) is 2.73. The van der Waals surface area contributed by atoms with Gasteiger partial charge in [0, 0.05) is 29.3 Å². The van der Waals surface area contributed by atoms with Crippen LogP contribution in [0.15, 0.2) is 24.8 Å². The average Bonchev–Trinajstić information content (AvgIpc) is 2.17. The molecular weight excluding hydrogens is 204 g/mol. The predicted octanol–water partition coefficient (Wildman–Crippen LogP) is 2.22. The van der Waals surface area contributed by atoms with Crippen LogP contribution in [-0.4, -0.2) is 11.5 Å². The Labute approximate surface area is 86.1 Å². The first-order valence-electron chi connectivity index (χ1n) is 3.88. The van der Waals surface area contributed by atoms with Crippen molar-refractivity contribution in [1.82, 2.24) is 0 Å². The summed E-state index contributed by atoms with van der Waals surface area (Å²) in [6.45, 7) is 3.90. The normalized spacial score (nSPS) is 9.86. The Hall–Kier alpha value is -1.39. The highest BCUT2D eigenvalue weighted by atomic mass is 35.5. The number of non-ortho nitro benzene ring substituents is 1. The van der Waals surface area contributed by atoms with Crippen molar-refractivity contribution in [3.63, 3.8) is 0 Å². The van der Waals surface area contributed by atoms with Gasteiger partial charge in [0.15, 0.2) is 0 Å². The number of nitrogens with two attached hydrogens (primary N) is 1. The van der Waals surface area contributed by atoms with E-state index in [0.717, 1.165) is 0 Å². The Morgan fingerprint density at radius 1 is 1.64 bits per heavy atom. The molecule has 0 atom stereocenters. The summed E-state index contributed by atoms with van der Waals surface area (Å²) in [5.74, 6) is 0. The van der Waals surface area contributed by atoms with Gasteiger partial charge in [0.05, 0.1) is 4.92 Å². The van der Waals surface area contributed by atoms with Gasteiger partial charge in [0.25, 0.3) is 5.69 Å². The molecule has 74 valence electrons. The Kier molecular flexibility index (Phi) is 3.22. The molecule has 1 aromatic carbocycles. The lowest BCUT2D eigenvalue weighted by Gasteiger charge is -2.04. The molecular formula is C9H9ClN2O2. The average molecular weight is 213 g/mol. The van der Waals surface area contributed by atoms with Crippen molar-refractivity contribution in [2.45, 2.75) is 0 Å². The molecule has 0 unspecified atom stereocenters. The van der Waals surface area contributed by atoms with E-state index in [-0.39, 0.29) is 12.2 Å². The second kappa shape index (κ2) is 4.21. The molecule has 2 N–H and O–H groups in total. The maximum Gasteiger partial charge on any atom is 0.270 e. The summed E-state index contributed by atoms with van der Waals surface area (Å²) >= 11 is 5.84. The van der Waals surface area contributed by atoms with Crippen molar-refractivity contribution in [2.24, 2.45) is 5.73 Å². The van der Waals surface area contributed by atoms with Crippen LogP contribution < -0.4 is 5.73 Å². The molecule has 0 aliphatic carbocycles. The van der Waals surface area contributed by atoms with Gasteiger partial charge < -0.3 is 5.73 Å². The third kappa shape index (κ3) is 2.10. The molecule has 0 amide bonds. The van der Waals surface area contributed by atoms with Crippen molar-refractivity contribution < 1.29 is 4.92 Å². The van der Waals surface area contributed by atoms with Crippen LogP contribution in [0.3, 0.4) is 0 Å². The molecule has 0 aliphatic heterocycles. The lowest BCUT2D eigenvalue weighted by atomic mass is 10.1. The third-order valence-electron chi connectivity index (χ3n) is 1.79. The van der Waals surface area contributed by atoms with E-state index in [1.54, 1.807) is 0 Å². The number of halogens is 1. The molecule has 4 nitrogen and oxygen atoms in total. The van der Waals surface area contributed by atoms with Crippen molar-refractivity contribution in [3.05, 3.63) is 45.5 Å². The smallest absolute Gasteiger partial charge is 0.270 e. The minimum atomic E-state index is -0.483. The number of benzene rings is 1. The van der Waals surface area contributed by atoms with Gasteiger partial charge in [-0.3, -0.25) is 10.1 Å². The maximum absolute atomic E-state index is 10.5.